The molecule has 12 heteroatoms. The summed E-state index contributed by atoms with van der Waals surface area (Å²) in [5.41, 5.74) is 2.72. The Morgan fingerprint density at radius 1 is 1.12 bits per heavy atom. The van der Waals surface area contributed by atoms with Gasteiger partial charge in [-0.1, -0.05) is 30.3 Å². The number of halogens is 1. The van der Waals surface area contributed by atoms with Gasteiger partial charge in [-0.15, -0.1) is 0 Å². The Balaban J connectivity index is 1.42. The Kier molecular flexibility index (Phi) is 8.54. The van der Waals surface area contributed by atoms with Crippen LogP contribution in [0, 0.1) is 0 Å². The van der Waals surface area contributed by atoms with Crippen molar-refractivity contribution in [1.82, 2.24) is 14.9 Å². The van der Waals surface area contributed by atoms with E-state index in [9.17, 15) is 9.36 Å². The molecule has 0 atom stereocenters. The largest absolute Gasteiger partial charge is 0.494 e. The fourth-order valence-corrected chi connectivity index (χ4v) is 6.48. The molecule has 1 amide bonds. The van der Waals surface area contributed by atoms with E-state index in [1.807, 2.05) is 36.4 Å². The summed E-state index contributed by atoms with van der Waals surface area (Å²) in [6, 6.07) is 11.6. The molecule has 5 rings (SSSR count). The molecule has 1 aromatic heterocycles. The lowest BCUT2D eigenvalue weighted by Crippen LogP contribution is -2.59. The highest BCUT2D eigenvalue weighted by molar-refractivity contribution is 7.70. The summed E-state index contributed by atoms with van der Waals surface area (Å²) < 4.78 is 18.6. The zero-order valence-corrected chi connectivity index (χ0v) is 25.1. The molecule has 3 heterocycles. The van der Waals surface area contributed by atoms with Crippen LogP contribution in [0.4, 0.5) is 34.5 Å². The molecule has 41 heavy (non-hydrogen) atoms. The van der Waals surface area contributed by atoms with Crippen molar-refractivity contribution in [3.05, 3.63) is 60.3 Å². The molecule has 0 radical (unpaired) electrons. The van der Waals surface area contributed by atoms with E-state index < -0.39 is 7.14 Å². The lowest BCUT2D eigenvalue weighted by Gasteiger charge is -2.46. The van der Waals surface area contributed by atoms with Crippen molar-refractivity contribution in [1.29, 1.82) is 0 Å². The fraction of sp³-hybridized carbons (Fsp3) is 0.345. The molecule has 3 N–H and O–H groups in total. The molecule has 10 nitrogen and oxygen atoms in total. The molecule has 2 saturated heterocycles. The van der Waals surface area contributed by atoms with Crippen molar-refractivity contribution in [3.8, 4) is 5.75 Å². The zero-order valence-electron chi connectivity index (χ0n) is 23.5. The van der Waals surface area contributed by atoms with Crippen molar-refractivity contribution >= 4 is 64.5 Å². The van der Waals surface area contributed by atoms with Gasteiger partial charge in [0.05, 0.1) is 36.1 Å². The number of ether oxygens (including phenoxy) is 1. The third kappa shape index (κ3) is 6.50. The minimum absolute atomic E-state index is 0.260. The number of hydrogen-bond donors (Lipinski definition) is 3. The van der Waals surface area contributed by atoms with Gasteiger partial charge >= 0.3 is 0 Å². The van der Waals surface area contributed by atoms with Crippen LogP contribution in [0.3, 0.4) is 0 Å². The maximum absolute atomic E-state index is 12.8. The number of carbonyl (C=O) groups excluding carboxylic acids is 1. The molecule has 0 saturated carbocycles. The van der Waals surface area contributed by atoms with Gasteiger partial charge in [0.1, 0.15) is 17.9 Å². The van der Waals surface area contributed by atoms with Gasteiger partial charge in [-0.05, 0) is 63.5 Å². The van der Waals surface area contributed by atoms with Crippen LogP contribution in [0.5, 0.6) is 5.75 Å². The van der Waals surface area contributed by atoms with Gasteiger partial charge in [-0.3, -0.25) is 9.69 Å². The first-order valence-corrected chi connectivity index (χ1v) is 16.5. The van der Waals surface area contributed by atoms with Crippen LogP contribution in [-0.2, 0) is 9.36 Å². The summed E-state index contributed by atoms with van der Waals surface area (Å²) >= 11 is 6.43. The number of aromatic nitrogens is 2. The van der Waals surface area contributed by atoms with E-state index >= 15 is 0 Å². The Hall–Kier alpha value is -3.59. The fourth-order valence-electron chi connectivity index (χ4n) is 5.18. The summed E-state index contributed by atoms with van der Waals surface area (Å²) in [6.07, 6.45) is 5.23. The Morgan fingerprint density at radius 2 is 1.85 bits per heavy atom. The topological polar surface area (TPSA) is 112 Å². The summed E-state index contributed by atoms with van der Waals surface area (Å²) in [5.74, 6) is 0.874. The van der Waals surface area contributed by atoms with Crippen LogP contribution in [0.25, 0.3) is 0 Å². The number of benzene rings is 2. The number of para-hydroxylation sites is 1. The quantitative estimate of drug-likeness (QED) is 0.213. The Morgan fingerprint density at radius 3 is 2.54 bits per heavy atom. The predicted octanol–water partition coefficient (Wildman–Crippen LogP) is 5.28. The van der Waals surface area contributed by atoms with Crippen molar-refractivity contribution in [2.75, 3.05) is 67.5 Å². The molecular formula is C29H35ClN7O3P. The Bertz CT molecular complexity index is 1500. The van der Waals surface area contributed by atoms with Crippen molar-refractivity contribution in [2.24, 2.45) is 0 Å². The van der Waals surface area contributed by atoms with Gasteiger partial charge in [0.25, 0.3) is 0 Å². The van der Waals surface area contributed by atoms with E-state index in [2.05, 4.69) is 42.3 Å². The highest BCUT2D eigenvalue weighted by atomic mass is 35.5. The van der Waals surface area contributed by atoms with E-state index in [0.29, 0.717) is 45.0 Å². The van der Waals surface area contributed by atoms with E-state index in [1.54, 1.807) is 20.4 Å². The zero-order chi connectivity index (χ0) is 29.1. The third-order valence-electron chi connectivity index (χ3n) is 7.35. The van der Waals surface area contributed by atoms with E-state index in [4.69, 9.17) is 16.3 Å². The van der Waals surface area contributed by atoms with E-state index in [0.717, 1.165) is 31.9 Å². The number of methoxy groups -OCH3 is 1. The summed E-state index contributed by atoms with van der Waals surface area (Å²) in [4.78, 5) is 26.0. The first-order valence-electron chi connectivity index (χ1n) is 13.5. The molecule has 0 spiro atoms. The second-order valence-corrected chi connectivity index (χ2v) is 14.2. The lowest BCUT2D eigenvalue weighted by atomic mass is 10.0. The van der Waals surface area contributed by atoms with E-state index in [-0.39, 0.29) is 11.9 Å². The highest BCUT2D eigenvalue weighted by Crippen LogP contribution is 2.41. The number of amides is 1. The molecule has 3 aromatic rings. The van der Waals surface area contributed by atoms with Crippen LogP contribution < -0.4 is 30.9 Å². The number of hydrogen-bond acceptors (Lipinski definition) is 9. The number of rotatable bonds is 10. The smallest absolute Gasteiger partial charge is 0.247 e. The second-order valence-electron chi connectivity index (χ2n) is 10.6. The molecule has 2 aliphatic heterocycles. The number of nitrogens with zero attached hydrogens (tertiary/aromatic N) is 4. The number of carbonyl (C=O) groups is 1. The van der Waals surface area contributed by atoms with Crippen LogP contribution in [-0.4, -0.2) is 73.4 Å². The standard InChI is InChI=1S/C29H35ClN7O3P/c1-5-27(38)32-22-14-23(25(40-2)15-24(22)37-17-19(18-37)36-12-8-9-13-36)34-29-31-16-20(30)28(35-29)33-21-10-6-7-11-26(21)41(3,4)39/h5-7,10-11,14-16,19H,1,8-9,12-13,17-18H2,2-4H3,(H,32,38)(H2,31,33,34,35). The van der Waals surface area contributed by atoms with Gasteiger partial charge in [0, 0.05) is 30.5 Å². The maximum atomic E-state index is 12.8. The second kappa shape index (κ2) is 12.1. The SMILES string of the molecule is C=CC(=O)Nc1cc(Nc2ncc(Cl)c(Nc3ccccc3P(C)(C)=O)n2)c(OC)cc1N1CC(N2CCCC2)C1. The summed E-state index contributed by atoms with van der Waals surface area (Å²) in [6.45, 7) is 11.1. The molecule has 2 aromatic carbocycles. The minimum Gasteiger partial charge on any atom is -0.494 e. The van der Waals surface area contributed by atoms with Crippen LogP contribution in [0.15, 0.2) is 55.3 Å². The molecular weight excluding hydrogens is 561 g/mol. The van der Waals surface area contributed by atoms with Gasteiger partial charge in [0.15, 0.2) is 5.82 Å². The first-order chi connectivity index (χ1) is 19.7. The monoisotopic (exact) mass is 595 g/mol. The minimum atomic E-state index is -2.56. The number of nitrogens with one attached hydrogen (secondary N) is 3. The number of anilines is 6. The summed E-state index contributed by atoms with van der Waals surface area (Å²) in [7, 11) is -0.963. The summed E-state index contributed by atoms with van der Waals surface area (Å²) in [5, 5.41) is 10.3. The average molecular weight is 596 g/mol. The molecule has 0 bridgehead atoms. The normalized spacial score (nSPS) is 15.8. The third-order valence-corrected chi connectivity index (χ3v) is 9.18. The van der Waals surface area contributed by atoms with E-state index in [1.165, 1.54) is 25.1 Å². The predicted molar refractivity (Wildman–Crippen MR) is 168 cm³/mol. The number of likely N-dealkylation sites (tertiary alicyclic amines) is 1. The molecule has 0 aliphatic carbocycles. The first kappa shape index (κ1) is 28.9. The lowest BCUT2D eigenvalue weighted by molar-refractivity contribution is -0.111. The van der Waals surface area contributed by atoms with Gasteiger partial charge in [-0.25, -0.2) is 4.98 Å². The van der Waals surface area contributed by atoms with Gasteiger partial charge in [-0.2, -0.15) is 4.98 Å². The van der Waals surface area contributed by atoms with Gasteiger partial charge < -0.3 is 30.2 Å². The average Bonchev–Trinajstić information content (AvgIpc) is 3.45. The van der Waals surface area contributed by atoms with Crippen molar-refractivity contribution in [2.45, 2.75) is 18.9 Å². The Labute approximate surface area is 245 Å². The van der Waals surface area contributed by atoms with Crippen molar-refractivity contribution in [3.63, 3.8) is 0 Å². The van der Waals surface area contributed by atoms with Crippen LogP contribution >= 0.6 is 18.7 Å². The highest BCUT2D eigenvalue weighted by Gasteiger charge is 2.34. The molecule has 2 aliphatic rings. The van der Waals surface area contributed by atoms with Crippen LogP contribution in [0.2, 0.25) is 5.02 Å². The van der Waals surface area contributed by atoms with Crippen LogP contribution in [0.1, 0.15) is 12.8 Å². The van der Waals surface area contributed by atoms with Gasteiger partial charge in [0.2, 0.25) is 11.9 Å². The van der Waals surface area contributed by atoms with Crippen molar-refractivity contribution < 1.29 is 14.1 Å². The molecule has 0 unspecified atom stereocenters. The molecule has 2 fully saturated rings. The molecule has 216 valence electrons. The maximum Gasteiger partial charge on any atom is 0.247 e.